The van der Waals surface area contributed by atoms with Crippen molar-refractivity contribution >= 4 is 5.91 Å². The maximum atomic E-state index is 11.1. The predicted molar refractivity (Wildman–Crippen MR) is 113 cm³/mol. The molecule has 1 atom stereocenters. The molecule has 0 bridgehead atoms. The summed E-state index contributed by atoms with van der Waals surface area (Å²) >= 11 is 0. The lowest BCUT2D eigenvalue weighted by atomic mass is 10.1. The van der Waals surface area contributed by atoms with Crippen molar-refractivity contribution in [2.45, 2.75) is 19.6 Å². The molecule has 0 saturated heterocycles. The Morgan fingerprint density at radius 1 is 1.16 bits per heavy atom. The monoisotopic (exact) mass is 413 g/mol. The van der Waals surface area contributed by atoms with Gasteiger partial charge in [0.1, 0.15) is 23.3 Å². The smallest absolute Gasteiger partial charge is 0.267 e. The minimum absolute atomic E-state index is 0.205. The molecule has 0 spiro atoms. The van der Waals surface area contributed by atoms with Crippen LogP contribution in [0.2, 0.25) is 0 Å². The molecule has 1 amide bonds. The number of carbonyl (C=O) groups excluding carboxylic acids is 1. The lowest BCUT2D eigenvalue weighted by molar-refractivity contribution is 0.0995. The van der Waals surface area contributed by atoms with Crippen molar-refractivity contribution in [3.8, 4) is 23.2 Å². The molecule has 31 heavy (non-hydrogen) atoms. The summed E-state index contributed by atoms with van der Waals surface area (Å²) in [7, 11) is 0. The van der Waals surface area contributed by atoms with Crippen molar-refractivity contribution in [2.24, 2.45) is 5.73 Å². The van der Waals surface area contributed by atoms with E-state index >= 15 is 0 Å². The van der Waals surface area contributed by atoms with Crippen LogP contribution in [0.4, 0.5) is 0 Å². The van der Waals surface area contributed by atoms with Crippen LogP contribution in [0.25, 0.3) is 11.3 Å². The van der Waals surface area contributed by atoms with Crippen LogP contribution in [0.15, 0.2) is 65.6 Å². The van der Waals surface area contributed by atoms with E-state index in [4.69, 9.17) is 10.3 Å². The van der Waals surface area contributed by atoms with E-state index < -0.39 is 12.0 Å². The molecule has 1 aromatic carbocycles. The Balaban J connectivity index is 1.45. The van der Waals surface area contributed by atoms with Gasteiger partial charge in [0, 0.05) is 41.3 Å². The predicted octanol–water partition coefficient (Wildman–Crippen LogP) is 2.53. The molecular weight excluding hydrogens is 394 g/mol. The van der Waals surface area contributed by atoms with E-state index in [2.05, 4.69) is 27.0 Å². The second-order valence-corrected chi connectivity index (χ2v) is 6.90. The van der Waals surface area contributed by atoms with Gasteiger partial charge in [-0.2, -0.15) is 0 Å². The van der Waals surface area contributed by atoms with E-state index in [0.29, 0.717) is 23.7 Å². The number of carbonyl (C=O) groups is 1. The quantitative estimate of drug-likeness (QED) is 0.485. The Labute approximate surface area is 178 Å². The number of aliphatic hydroxyl groups excluding tert-OH is 1. The summed E-state index contributed by atoms with van der Waals surface area (Å²) in [5.74, 6) is 6.70. The van der Waals surface area contributed by atoms with Crippen LogP contribution < -0.4 is 5.73 Å². The standard InChI is InChI=1S/C23H19N5O3/c1-15(29)23-25-10-11-28(23)14-19-12-21(31-27-19)18-7-4-16(5-8-18)2-3-17-6-9-20(22(24)30)26-13-17/h4-13,15,29H,14H2,1H3,(H2,24,30). The van der Waals surface area contributed by atoms with Crippen LogP contribution in [0, 0.1) is 11.8 Å². The normalized spacial score (nSPS) is 11.5. The topological polar surface area (TPSA) is 120 Å². The number of pyridine rings is 1. The molecule has 8 nitrogen and oxygen atoms in total. The first-order valence-electron chi connectivity index (χ1n) is 9.52. The maximum absolute atomic E-state index is 11.1. The molecule has 1 unspecified atom stereocenters. The molecule has 3 aromatic heterocycles. The fraction of sp³-hybridized carbons (Fsp3) is 0.130. The molecule has 154 valence electrons. The minimum atomic E-state index is -0.660. The number of imidazole rings is 1. The largest absolute Gasteiger partial charge is 0.385 e. The van der Waals surface area contributed by atoms with Crippen molar-refractivity contribution in [3.63, 3.8) is 0 Å². The Bertz CT molecular complexity index is 1260. The molecule has 0 aliphatic heterocycles. The number of nitrogens with zero attached hydrogens (tertiary/aromatic N) is 4. The third-order valence-corrected chi connectivity index (χ3v) is 4.55. The van der Waals surface area contributed by atoms with Gasteiger partial charge in [-0.1, -0.05) is 17.0 Å². The van der Waals surface area contributed by atoms with E-state index in [1.54, 1.807) is 31.5 Å². The zero-order valence-corrected chi connectivity index (χ0v) is 16.7. The van der Waals surface area contributed by atoms with Gasteiger partial charge in [0.15, 0.2) is 5.76 Å². The summed E-state index contributed by atoms with van der Waals surface area (Å²) in [6.45, 7) is 2.13. The Hall–Kier alpha value is -4.22. The second-order valence-electron chi connectivity index (χ2n) is 6.90. The highest BCUT2D eigenvalue weighted by molar-refractivity contribution is 5.90. The lowest BCUT2D eigenvalue weighted by Crippen LogP contribution is -2.12. The van der Waals surface area contributed by atoms with Crippen LogP contribution in [0.5, 0.6) is 0 Å². The highest BCUT2D eigenvalue weighted by Gasteiger charge is 2.12. The molecule has 4 aromatic rings. The highest BCUT2D eigenvalue weighted by atomic mass is 16.5. The summed E-state index contributed by atoms with van der Waals surface area (Å²) in [4.78, 5) is 19.2. The van der Waals surface area contributed by atoms with Gasteiger partial charge in [-0.05, 0) is 43.3 Å². The van der Waals surface area contributed by atoms with Gasteiger partial charge in [-0.15, -0.1) is 0 Å². The third kappa shape index (κ3) is 4.69. The fourth-order valence-corrected chi connectivity index (χ4v) is 2.99. The van der Waals surface area contributed by atoms with E-state index in [1.807, 2.05) is 34.9 Å². The fourth-order valence-electron chi connectivity index (χ4n) is 2.99. The van der Waals surface area contributed by atoms with Crippen LogP contribution in [-0.2, 0) is 6.54 Å². The number of benzene rings is 1. The summed E-state index contributed by atoms with van der Waals surface area (Å²) in [6, 6.07) is 12.7. The van der Waals surface area contributed by atoms with Gasteiger partial charge in [-0.25, -0.2) is 9.97 Å². The second kappa shape index (κ2) is 8.65. The molecule has 0 radical (unpaired) electrons. The number of amides is 1. The zero-order chi connectivity index (χ0) is 21.8. The Morgan fingerprint density at radius 3 is 2.58 bits per heavy atom. The van der Waals surface area contributed by atoms with Crippen LogP contribution in [0.3, 0.4) is 0 Å². The molecule has 0 fully saturated rings. The molecule has 0 aliphatic carbocycles. The van der Waals surface area contributed by atoms with E-state index in [-0.39, 0.29) is 5.69 Å². The molecule has 0 aliphatic rings. The molecular formula is C23H19N5O3. The van der Waals surface area contributed by atoms with E-state index in [1.165, 1.54) is 6.20 Å². The van der Waals surface area contributed by atoms with Crippen molar-refractivity contribution < 1.29 is 14.4 Å². The highest BCUT2D eigenvalue weighted by Crippen LogP contribution is 2.22. The van der Waals surface area contributed by atoms with Gasteiger partial charge in [0.25, 0.3) is 5.91 Å². The molecule has 3 heterocycles. The summed E-state index contributed by atoms with van der Waals surface area (Å²) < 4.78 is 7.30. The zero-order valence-electron chi connectivity index (χ0n) is 16.7. The van der Waals surface area contributed by atoms with Crippen molar-refractivity contribution in [1.29, 1.82) is 0 Å². The van der Waals surface area contributed by atoms with Crippen LogP contribution >= 0.6 is 0 Å². The summed E-state index contributed by atoms with van der Waals surface area (Å²) in [5, 5.41) is 13.9. The number of hydrogen-bond acceptors (Lipinski definition) is 6. The lowest BCUT2D eigenvalue weighted by Gasteiger charge is -2.07. The minimum Gasteiger partial charge on any atom is -0.385 e. The van der Waals surface area contributed by atoms with Crippen molar-refractivity contribution in [2.75, 3.05) is 0 Å². The Kier molecular flexibility index (Phi) is 5.60. The SMILES string of the molecule is CC(O)c1nccn1Cc1cc(-c2ccc(C#Cc3ccc(C(N)=O)nc3)cc2)on1. The van der Waals surface area contributed by atoms with Gasteiger partial charge in [-0.3, -0.25) is 4.79 Å². The van der Waals surface area contributed by atoms with Gasteiger partial charge in [0.05, 0.1) is 6.54 Å². The maximum Gasteiger partial charge on any atom is 0.267 e. The van der Waals surface area contributed by atoms with Gasteiger partial charge < -0.3 is 19.9 Å². The average Bonchev–Trinajstić information content (AvgIpc) is 3.43. The molecule has 4 rings (SSSR count). The number of rotatable bonds is 5. The van der Waals surface area contributed by atoms with E-state index in [9.17, 15) is 9.90 Å². The van der Waals surface area contributed by atoms with Crippen molar-refractivity contribution in [3.05, 3.63) is 89.4 Å². The van der Waals surface area contributed by atoms with Crippen LogP contribution in [-0.4, -0.2) is 30.7 Å². The number of nitrogens with two attached hydrogens (primary N) is 1. The molecule has 3 N–H and O–H groups in total. The summed E-state index contributed by atoms with van der Waals surface area (Å²) in [6.07, 6.45) is 4.29. The number of aromatic nitrogens is 4. The summed E-state index contributed by atoms with van der Waals surface area (Å²) in [5.41, 5.74) is 8.49. The first-order valence-corrected chi connectivity index (χ1v) is 9.52. The van der Waals surface area contributed by atoms with Gasteiger partial charge >= 0.3 is 0 Å². The van der Waals surface area contributed by atoms with E-state index in [0.717, 1.165) is 16.8 Å². The first-order chi connectivity index (χ1) is 15.0. The number of primary amides is 1. The van der Waals surface area contributed by atoms with Crippen molar-refractivity contribution in [1.82, 2.24) is 19.7 Å². The molecule has 0 saturated carbocycles. The van der Waals surface area contributed by atoms with Crippen LogP contribution in [0.1, 0.15) is 46.2 Å². The molecule has 8 heteroatoms. The number of hydrogen-bond donors (Lipinski definition) is 2. The van der Waals surface area contributed by atoms with Gasteiger partial charge in [0.2, 0.25) is 0 Å². The Morgan fingerprint density at radius 2 is 1.90 bits per heavy atom. The third-order valence-electron chi connectivity index (χ3n) is 4.55. The first kappa shape index (κ1) is 20.1. The average molecular weight is 413 g/mol. The number of aliphatic hydroxyl groups is 1.